The molecular formula is C28H31FN6O. The fourth-order valence-electron chi connectivity index (χ4n) is 4.83. The van der Waals surface area contributed by atoms with Crippen LogP contribution in [-0.2, 0) is 0 Å². The molecule has 1 amide bonds. The highest BCUT2D eigenvalue weighted by Crippen LogP contribution is 2.30. The summed E-state index contributed by atoms with van der Waals surface area (Å²) < 4.78 is 15.6. The Morgan fingerprint density at radius 2 is 1.86 bits per heavy atom. The van der Waals surface area contributed by atoms with Gasteiger partial charge in [0.15, 0.2) is 5.65 Å². The number of carbonyl (C=O) groups excluding carboxylic acids is 1. The minimum absolute atomic E-state index is 0.140. The van der Waals surface area contributed by atoms with Crippen molar-refractivity contribution >= 4 is 22.8 Å². The molecule has 1 fully saturated rings. The standard InChI is InChI=1S/C28H31FN6O/c1-3-9-20(2)25-31-26(24-19-30-35(27(24)32-25)23-12-5-4-6-13-23)33-14-8-15-34(17-16-33)28(36)21-10-7-11-22(29)18-21/h4-7,10-13,18-20H,3,8-9,14-17H2,1-2H3/t20-/m1/s1. The summed E-state index contributed by atoms with van der Waals surface area (Å²) >= 11 is 0. The van der Waals surface area contributed by atoms with E-state index >= 15 is 0 Å². The minimum atomic E-state index is -0.398. The topological polar surface area (TPSA) is 67.2 Å². The molecule has 0 unspecified atom stereocenters. The number of rotatable bonds is 6. The van der Waals surface area contributed by atoms with E-state index in [0.29, 0.717) is 25.2 Å². The van der Waals surface area contributed by atoms with E-state index in [9.17, 15) is 9.18 Å². The Kier molecular flexibility index (Phi) is 6.93. The Hall–Kier alpha value is -3.81. The lowest BCUT2D eigenvalue weighted by Crippen LogP contribution is -2.35. The molecule has 8 heteroatoms. The van der Waals surface area contributed by atoms with Gasteiger partial charge < -0.3 is 9.80 Å². The first-order chi connectivity index (χ1) is 17.5. The predicted octanol–water partition coefficient (Wildman–Crippen LogP) is 5.21. The molecule has 186 valence electrons. The summed E-state index contributed by atoms with van der Waals surface area (Å²) in [7, 11) is 0. The minimum Gasteiger partial charge on any atom is -0.354 e. The lowest BCUT2D eigenvalue weighted by atomic mass is 10.1. The van der Waals surface area contributed by atoms with E-state index in [2.05, 4.69) is 23.8 Å². The van der Waals surface area contributed by atoms with Gasteiger partial charge in [-0.05, 0) is 43.2 Å². The number of para-hydroxylation sites is 1. The second kappa shape index (κ2) is 10.4. The molecule has 0 radical (unpaired) electrons. The highest BCUT2D eigenvalue weighted by atomic mass is 19.1. The number of halogens is 1. The highest BCUT2D eigenvalue weighted by molar-refractivity contribution is 5.94. The van der Waals surface area contributed by atoms with E-state index in [4.69, 9.17) is 9.97 Å². The molecule has 7 nitrogen and oxygen atoms in total. The van der Waals surface area contributed by atoms with Crippen LogP contribution >= 0.6 is 0 Å². The Balaban J connectivity index is 1.48. The molecule has 36 heavy (non-hydrogen) atoms. The van der Waals surface area contributed by atoms with Crippen molar-refractivity contribution in [3.8, 4) is 5.69 Å². The van der Waals surface area contributed by atoms with Crippen LogP contribution in [0.1, 0.15) is 55.2 Å². The third-order valence-corrected chi connectivity index (χ3v) is 6.74. The van der Waals surface area contributed by atoms with Crippen molar-refractivity contribution in [2.24, 2.45) is 0 Å². The molecule has 1 saturated heterocycles. The van der Waals surface area contributed by atoms with Gasteiger partial charge >= 0.3 is 0 Å². The lowest BCUT2D eigenvalue weighted by Gasteiger charge is -2.24. The molecule has 1 aliphatic rings. The molecule has 0 aliphatic carbocycles. The summed E-state index contributed by atoms with van der Waals surface area (Å²) in [5.41, 5.74) is 2.13. The van der Waals surface area contributed by atoms with E-state index in [-0.39, 0.29) is 11.8 Å². The van der Waals surface area contributed by atoms with Gasteiger partial charge in [-0.1, -0.05) is 44.5 Å². The SMILES string of the molecule is CCC[C@@H](C)c1nc(N2CCCN(C(=O)c3cccc(F)c3)CC2)c2cnn(-c3ccccc3)c2n1. The van der Waals surface area contributed by atoms with Crippen molar-refractivity contribution < 1.29 is 9.18 Å². The lowest BCUT2D eigenvalue weighted by molar-refractivity contribution is 0.0766. The van der Waals surface area contributed by atoms with Crippen molar-refractivity contribution in [2.45, 2.75) is 39.0 Å². The summed E-state index contributed by atoms with van der Waals surface area (Å²) in [5.74, 6) is 1.35. The second-order valence-corrected chi connectivity index (χ2v) is 9.37. The van der Waals surface area contributed by atoms with Gasteiger partial charge in [-0.15, -0.1) is 0 Å². The molecule has 0 N–H and O–H groups in total. The maximum atomic E-state index is 13.7. The van der Waals surface area contributed by atoms with Crippen molar-refractivity contribution in [1.29, 1.82) is 0 Å². The molecule has 0 saturated carbocycles. The molecule has 1 atom stereocenters. The van der Waals surface area contributed by atoms with Gasteiger partial charge in [-0.3, -0.25) is 4.79 Å². The van der Waals surface area contributed by atoms with Gasteiger partial charge in [-0.2, -0.15) is 5.10 Å². The molecule has 0 bridgehead atoms. The number of fused-ring (bicyclic) bond motifs is 1. The van der Waals surface area contributed by atoms with E-state index < -0.39 is 5.82 Å². The van der Waals surface area contributed by atoms with Gasteiger partial charge in [0, 0.05) is 37.7 Å². The Labute approximate surface area is 210 Å². The summed E-state index contributed by atoms with van der Waals surface area (Å²) in [6.07, 6.45) is 4.68. The van der Waals surface area contributed by atoms with Crippen molar-refractivity contribution in [1.82, 2.24) is 24.6 Å². The smallest absolute Gasteiger partial charge is 0.254 e. The number of aromatic nitrogens is 4. The van der Waals surface area contributed by atoms with Crippen LogP contribution in [0, 0.1) is 5.82 Å². The Bertz CT molecular complexity index is 1350. The number of carbonyl (C=O) groups is 1. The number of benzene rings is 2. The second-order valence-electron chi connectivity index (χ2n) is 9.37. The average Bonchev–Trinajstić information content (AvgIpc) is 3.18. The maximum absolute atomic E-state index is 13.7. The zero-order valence-corrected chi connectivity index (χ0v) is 20.8. The van der Waals surface area contributed by atoms with Crippen LogP contribution in [0.25, 0.3) is 16.7 Å². The molecule has 2 aromatic heterocycles. The highest BCUT2D eigenvalue weighted by Gasteiger charge is 2.25. The molecule has 5 rings (SSSR count). The summed E-state index contributed by atoms with van der Waals surface area (Å²) in [6, 6.07) is 15.9. The first kappa shape index (κ1) is 23.9. The predicted molar refractivity (Wildman–Crippen MR) is 139 cm³/mol. The number of amides is 1. The van der Waals surface area contributed by atoms with Gasteiger partial charge in [0.05, 0.1) is 17.3 Å². The van der Waals surface area contributed by atoms with Gasteiger partial charge in [0.2, 0.25) is 0 Å². The fraction of sp³-hybridized carbons (Fsp3) is 0.357. The van der Waals surface area contributed by atoms with Crippen LogP contribution < -0.4 is 4.90 Å². The molecule has 4 aromatic rings. The first-order valence-electron chi connectivity index (χ1n) is 12.7. The zero-order valence-electron chi connectivity index (χ0n) is 20.8. The van der Waals surface area contributed by atoms with Gasteiger partial charge in [0.1, 0.15) is 17.5 Å². The van der Waals surface area contributed by atoms with Crippen molar-refractivity contribution in [3.63, 3.8) is 0 Å². The molecule has 2 aromatic carbocycles. The molecule has 1 aliphatic heterocycles. The van der Waals surface area contributed by atoms with Crippen LogP contribution in [-0.4, -0.2) is 56.7 Å². The monoisotopic (exact) mass is 486 g/mol. The first-order valence-corrected chi connectivity index (χ1v) is 12.7. The third-order valence-electron chi connectivity index (χ3n) is 6.74. The average molecular weight is 487 g/mol. The van der Waals surface area contributed by atoms with Crippen LogP contribution in [0.3, 0.4) is 0 Å². The van der Waals surface area contributed by atoms with E-state index in [0.717, 1.165) is 54.2 Å². The van der Waals surface area contributed by atoms with E-state index in [1.807, 2.05) is 41.2 Å². The largest absolute Gasteiger partial charge is 0.354 e. The number of hydrogen-bond donors (Lipinski definition) is 0. The fourth-order valence-corrected chi connectivity index (χ4v) is 4.83. The number of nitrogens with zero attached hydrogens (tertiary/aromatic N) is 6. The quantitative estimate of drug-likeness (QED) is 0.374. The Morgan fingerprint density at radius 3 is 2.64 bits per heavy atom. The van der Waals surface area contributed by atoms with Crippen LogP contribution in [0.15, 0.2) is 60.8 Å². The van der Waals surface area contributed by atoms with E-state index in [1.54, 1.807) is 17.0 Å². The van der Waals surface area contributed by atoms with Crippen molar-refractivity contribution in [3.05, 3.63) is 78.0 Å². The van der Waals surface area contributed by atoms with Gasteiger partial charge in [0.25, 0.3) is 5.91 Å². The normalized spacial score (nSPS) is 15.2. The van der Waals surface area contributed by atoms with E-state index in [1.165, 1.54) is 12.1 Å². The van der Waals surface area contributed by atoms with Crippen LogP contribution in [0.5, 0.6) is 0 Å². The molecule has 3 heterocycles. The Morgan fingerprint density at radius 1 is 1.03 bits per heavy atom. The summed E-state index contributed by atoms with van der Waals surface area (Å²) in [4.78, 5) is 27.1. The zero-order chi connectivity index (χ0) is 25.1. The number of hydrogen-bond acceptors (Lipinski definition) is 5. The van der Waals surface area contributed by atoms with Gasteiger partial charge in [-0.25, -0.2) is 19.0 Å². The maximum Gasteiger partial charge on any atom is 0.254 e. The van der Waals surface area contributed by atoms with Crippen LogP contribution in [0.2, 0.25) is 0 Å². The number of anilines is 1. The molecule has 0 spiro atoms. The molecular weight excluding hydrogens is 455 g/mol. The van der Waals surface area contributed by atoms with Crippen LogP contribution in [0.4, 0.5) is 10.2 Å². The van der Waals surface area contributed by atoms with Crippen molar-refractivity contribution in [2.75, 3.05) is 31.1 Å². The third kappa shape index (κ3) is 4.80. The summed E-state index contributed by atoms with van der Waals surface area (Å²) in [6.45, 7) is 6.88. The summed E-state index contributed by atoms with van der Waals surface area (Å²) in [5, 5.41) is 5.57.